The molecule has 1 saturated heterocycles. The molecule has 2 aliphatic rings. The van der Waals surface area contributed by atoms with Crippen LogP contribution < -0.4 is 10.1 Å². The first kappa shape index (κ1) is 17.1. The van der Waals surface area contributed by atoms with Gasteiger partial charge in [-0.15, -0.1) is 0 Å². The third kappa shape index (κ3) is 3.83. The van der Waals surface area contributed by atoms with Crippen LogP contribution in [0, 0.1) is 0 Å². The van der Waals surface area contributed by atoms with Crippen molar-refractivity contribution in [2.75, 3.05) is 33.8 Å². The molecule has 1 unspecified atom stereocenters. The highest BCUT2D eigenvalue weighted by atomic mass is 16.5. The predicted molar refractivity (Wildman–Crippen MR) is 95.3 cm³/mol. The van der Waals surface area contributed by atoms with E-state index in [-0.39, 0.29) is 12.1 Å². The van der Waals surface area contributed by atoms with Crippen molar-refractivity contribution >= 4 is 6.03 Å². The van der Waals surface area contributed by atoms with Gasteiger partial charge >= 0.3 is 6.03 Å². The summed E-state index contributed by atoms with van der Waals surface area (Å²) in [6.45, 7) is 2.36. The minimum Gasteiger partial charge on any atom is -0.496 e. The van der Waals surface area contributed by atoms with Gasteiger partial charge in [0.1, 0.15) is 5.75 Å². The SMILES string of the molecule is COc1ccccc1C1CN(C(=O)NC2CCCCC2)CCN1C. The third-order valence-electron chi connectivity index (χ3n) is 5.37. The maximum absolute atomic E-state index is 12.7. The van der Waals surface area contributed by atoms with Crippen LogP contribution in [0.3, 0.4) is 0 Å². The molecular formula is C19H29N3O2. The number of urea groups is 1. The van der Waals surface area contributed by atoms with E-state index in [0.29, 0.717) is 12.6 Å². The maximum Gasteiger partial charge on any atom is 0.317 e. The summed E-state index contributed by atoms with van der Waals surface area (Å²) in [5.41, 5.74) is 1.15. The Bertz CT molecular complexity index is 557. The van der Waals surface area contributed by atoms with Crippen LogP contribution in [0.1, 0.15) is 43.7 Å². The molecule has 0 bridgehead atoms. The van der Waals surface area contributed by atoms with Gasteiger partial charge in [0.05, 0.1) is 13.2 Å². The number of hydrogen-bond donors (Lipinski definition) is 1. The quantitative estimate of drug-likeness (QED) is 0.926. The fraction of sp³-hybridized carbons (Fsp3) is 0.632. The smallest absolute Gasteiger partial charge is 0.317 e. The lowest BCUT2D eigenvalue weighted by Crippen LogP contribution is -2.53. The number of carbonyl (C=O) groups is 1. The number of carbonyl (C=O) groups excluding carboxylic acids is 1. The highest BCUT2D eigenvalue weighted by molar-refractivity contribution is 5.74. The van der Waals surface area contributed by atoms with Gasteiger partial charge in [0.25, 0.3) is 0 Å². The summed E-state index contributed by atoms with van der Waals surface area (Å²) in [5.74, 6) is 0.892. The van der Waals surface area contributed by atoms with Crippen molar-refractivity contribution < 1.29 is 9.53 Å². The Morgan fingerprint density at radius 1 is 1.17 bits per heavy atom. The molecule has 5 heteroatoms. The van der Waals surface area contributed by atoms with E-state index in [2.05, 4.69) is 23.3 Å². The normalized spacial score (nSPS) is 23.1. The number of hydrogen-bond acceptors (Lipinski definition) is 3. The van der Waals surface area contributed by atoms with Gasteiger partial charge in [-0.05, 0) is 26.0 Å². The topological polar surface area (TPSA) is 44.8 Å². The number of likely N-dealkylation sites (N-methyl/N-ethyl adjacent to an activating group) is 1. The summed E-state index contributed by atoms with van der Waals surface area (Å²) in [4.78, 5) is 16.9. The van der Waals surface area contributed by atoms with Gasteiger partial charge in [-0.25, -0.2) is 4.79 Å². The van der Waals surface area contributed by atoms with Crippen LogP contribution in [-0.2, 0) is 0 Å². The van der Waals surface area contributed by atoms with Gasteiger partial charge in [0.15, 0.2) is 0 Å². The number of para-hydroxylation sites is 1. The van der Waals surface area contributed by atoms with E-state index in [1.807, 2.05) is 23.1 Å². The molecule has 1 aliphatic heterocycles. The Labute approximate surface area is 145 Å². The van der Waals surface area contributed by atoms with Crippen LogP contribution in [0.25, 0.3) is 0 Å². The van der Waals surface area contributed by atoms with Gasteiger partial charge in [-0.2, -0.15) is 0 Å². The van der Waals surface area contributed by atoms with Gasteiger partial charge in [0.2, 0.25) is 0 Å². The molecule has 1 atom stereocenters. The minimum atomic E-state index is 0.0925. The van der Waals surface area contributed by atoms with Crippen LogP contribution in [0.5, 0.6) is 5.75 Å². The van der Waals surface area contributed by atoms with E-state index in [9.17, 15) is 4.79 Å². The fourth-order valence-corrected chi connectivity index (χ4v) is 3.85. The largest absolute Gasteiger partial charge is 0.496 e. The molecule has 132 valence electrons. The Kier molecular flexibility index (Phi) is 5.61. The highest BCUT2D eigenvalue weighted by Crippen LogP contribution is 2.31. The molecule has 24 heavy (non-hydrogen) atoms. The van der Waals surface area contributed by atoms with E-state index in [0.717, 1.165) is 37.2 Å². The number of rotatable bonds is 3. The Hall–Kier alpha value is -1.75. The summed E-state index contributed by atoms with van der Waals surface area (Å²) < 4.78 is 5.52. The van der Waals surface area contributed by atoms with Gasteiger partial charge in [-0.1, -0.05) is 37.5 Å². The van der Waals surface area contributed by atoms with E-state index in [1.165, 1.54) is 19.3 Å². The average molecular weight is 331 g/mol. The lowest BCUT2D eigenvalue weighted by molar-refractivity contribution is 0.106. The summed E-state index contributed by atoms with van der Waals surface area (Å²) >= 11 is 0. The number of nitrogens with one attached hydrogen (secondary N) is 1. The first-order chi connectivity index (χ1) is 11.7. The van der Waals surface area contributed by atoms with Crippen molar-refractivity contribution in [2.24, 2.45) is 0 Å². The van der Waals surface area contributed by atoms with Crippen molar-refractivity contribution in [3.8, 4) is 5.75 Å². The number of benzene rings is 1. The molecule has 5 nitrogen and oxygen atoms in total. The zero-order chi connectivity index (χ0) is 16.9. The first-order valence-corrected chi connectivity index (χ1v) is 9.07. The van der Waals surface area contributed by atoms with E-state index in [4.69, 9.17) is 4.74 Å². The molecule has 1 N–H and O–H groups in total. The summed E-state index contributed by atoms with van der Waals surface area (Å²) in [7, 11) is 3.82. The zero-order valence-electron chi connectivity index (χ0n) is 14.8. The number of methoxy groups -OCH3 is 1. The second-order valence-electron chi connectivity index (χ2n) is 6.97. The molecule has 2 fully saturated rings. The fourth-order valence-electron chi connectivity index (χ4n) is 3.85. The second kappa shape index (κ2) is 7.88. The van der Waals surface area contributed by atoms with E-state index >= 15 is 0 Å². The summed E-state index contributed by atoms with van der Waals surface area (Å²) in [5, 5.41) is 3.24. The van der Waals surface area contributed by atoms with E-state index in [1.54, 1.807) is 7.11 Å². The Balaban J connectivity index is 1.67. The van der Waals surface area contributed by atoms with Crippen LogP contribution in [0.15, 0.2) is 24.3 Å². The Morgan fingerprint density at radius 2 is 1.92 bits per heavy atom. The van der Waals surface area contributed by atoms with Gasteiger partial charge in [-0.3, -0.25) is 4.90 Å². The summed E-state index contributed by atoms with van der Waals surface area (Å²) in [6.07, 6.45) is 6.01. The van der Waals surface area contributed by atoms with Crippen LogP contribution in [0.2, 0.25) is 0 Å². The van der Waals surface area contributed by atoms with Crippen LogP contribution in [0.4, 0.5) is 4.79 Å². The van der Waals surface area contributed by atoms with Gasteiger partial charge < -0.3 is 15.0 Å². The molecule has 1 aromatic rings. The average Bonchev–Trinajstić information content (AvgIpc) is 2.63. The van der Waals surface area contributed by atoms with Crippen molar-refractivity contribution in [2.45, 2.75) is 44.2 Å². The lowest BCUT2D eigenvalue weighted by Gasteiger charge is -2.40. The van der Waals surface area contributed by atoms with Crippen molar-refractivity contribution in [3.05, 3.63) is 29.8 Å². The molecular weight excluding hydrogens is 302 g/mol. The van der Waals surface area contributed by atoms with Crippen molar-refractivity contribution in [3.63, 3.8) is 0 Å². The number of ether oxygens (including phenoxy) is 1. The standard InChI is InChI=1S/C19H29N3O2/c1-21-12-13-22(19(23)20-15-8-4-3-5-9-15)14-17(21)16-10-6-7-11-18(16)24-2/h6-7,10-11,15,17H,3-5,8-9,12-14H2,1-2H3,(H,20,23). The van der Waals surface area contributed by atoms with Gasteiger partial charge in [0, 0.05) is 31.2 Å². The predicted octanol–water partition coefficient (Wildman–Crippen LogP) is 3.03. The third-order valence-corrected chi connectivity index (χ3v) is 5.37. The lowest BCUT2D eigenvalue weighted by atomic mass is 9.95. The molecule has 0 spiro atoms. The van der Waals surface area contributed by atoms with Crippen LogP contribution in [-0.4, -0.2) is 55.7 Å². The molecule has 1 aliphatic carbocycles. The first-order valence-electron chi connectivity index (χ1n) is 9.07. The minimum absolute atomic E-state index is 0.0925. The van der Waals surface area contributed by atoms with Crippen molar-refractivity contribution in [1.29, 1.82) is 0 Å². The molecule has 0 radical (unpaired) electrons. The molecule has 2 amide bonds. The number of piperazine rings is 1. The molecule has 1 saturated carbocycles. The monoisotopic (exact) mass is 331 g/mol. The Morgan fingerprint density at radius 3 is 2.67 bits per heavy atom. The number of amides is 2. The maximum atomic E-state index is 12.7. The second-order valence-corrected chi connectivity index (χ2v) is 6.97. The molecule has 1 aromatic carbocycles. The highest BCUT2D eigenvalue weighted by Gasteiger charge is 2.31. The molecule has 1 heterocycles. The summed E-state index contributed by atoms with van der Waals surface area (Å²) in [6, 6.07) is 8.73. The zero-order valence-corrected chi connectivity index (χ0v) is 14.8. The molecule has 0 aromatic heterocycles. The van der Waals surface area contributed by atoms with Crippen LogP contribution >= 0.6 is 0 Å². The number of nitrogens with zero attached hydrogens (tertiary/aromatic N) is 2. The molecule has 3 rings (SSSR count). The van der Waals surface area contributed by atoms with E-state index < -0.39 is 0 Å². The van der Waals surface area contributed by atoms with Crippen molar-refractivity contribution in [1.82, 2.24) is 15.1 Å².